The molecule has 1 aliphatic carbocycles. The molecule has 0 amide bonds. The van der Waals surface area contributed by atoms with E-state index >= 15 is 0 Å². The Kier molecular flexibility index (Phi) is 2.75. The van der Waals surface area contributed by atoms with E-state index in [0.29, 0.717) is 5.56 Å². The summed E-state index contributed by atoms with van der Waals surface area (Å²) in [6, 6.07) is 14.8. The highest BCUT2D eigenvalue weighted by molar-refractivity contribution is 5.58. The largest absolute Gasteiger partial charge is 0.196 e. The average Bonchev–Trinajstić information content (AvgIpc) is 3.10. The van der Waals surface area contributed by atoms with Crippen molar-refractivity contribution in [2.45, 2.75) is 19.3 Å². The van der Waals surface area contributed by atoms with Gasteiger partial charge in [-0.15, -0.1) is 0 Å². The molecule has 4 nitrogen and oxygen atoms in total. The van der Waals surface area contributed by atoms with Gasteiger partial charge in [0.2, 0.25) is 0 Å². The molecule has 1 aliphatic rings. The lowest BCUT2D eigenvalue weighted by atomic mass is 9.98. The minimum Gasteiger partial charge on any atom is -0.196 e. The summed E-state index contributed by atoms with van der Waals surface area (Å²) in [5.41, 5.74) is -1.28. The zero-order valence-corrected chi connectivity index (χ0v) is 10.4. The molecule has 90 valence electrons. The highest BCUT2D eigenvalue weighted by Gasteiger charge is 2.81. The monoisotopic (exact) mass is 246 g/mol. The van der Waals surface area contributed by atoms with Gasteiger partial charge >= 0.3 is 0 Å². The van der Waals surface area contributed by atoms with E-state index < -0.39 is 16.7 Å². The Morgan fingerprint density at radius 3 is 1.63 bits per heavy atom. The molecule has 1 aromatic rings. The zero-order valence-electron chi connectivity index (χ0n) is 10.4. The first-order chi connectivity index (χ1) is 9.15. The van der Waals surface area contributed by atoms with Gasteiger partial charge in [0, 0.05) is 0 Å². The van der Waals surface area contributed by atoms with Crippen LogP contribution in [-0.4, -0.2) is 0 Å². The fourth-order valence-electron chi connectivity index (χ4n) is 2.58. The van der Waals surface area contributed by atoms with E-state index in [4.69, 9.17) is 0 Å². The second kappa shape index (κ2) is 4.13. The number of hydrogen-bond donors (Lipinski definition) is 0. The summed E-state index contributed by atoms with van der Waals surface area (Å²) in [7, 11) is 0. The third-order valence-electron chi connectivity index (χ3n) is 3.83. The Bertz CT molecular complexity index is 607. The fourth-order valence-corrected chi connectivity index (χ4v) is 2.58. The van der Waals surface area contributed by atoms with Crippen LogP contribution in [0.5, 0.6) is 0 Å². The first-order valence-electron chi connectivity index (χ1n) is 5.89. The van der Waals surface area contributed by atoms with E-state index in [-0.39, 0.29) is 0 Å². The summed E-state index contributed by atoms with van der Waals surface area (Å²) in [5.74, 6) is -0.657. The molecule has 0 radical (unpaired) electrons. The predicted molar refractivity (Wildman–Crippen MR) is 65.9 cm³/mol. The van der Waals surface area contributed by atoms with Crippen LogP contribution in [0.25, 0.3) is 0 Å². The Morgan fingerprint density at radius 1 is 0.895 bits per heavy atom. The minimum atomic E-state index is -1.55. The lowest BCUT2D eigenvalue weighted by molar-refractivity contribution is 0.727. The lowest BCUT2D eigenvalue weighted by Crippen LogP contribution is -2.05. The van der Waals surface area contributed by atoms with Gasteiger partial charge in [-0.05, 0) is 17.5 Å². The number of benzene rings is 1. The Morgan fingerprint density at radius 2 is 1.32 bits per heavy atom. The van der Waals surface area contributed by atoms with Gasteiger partial charge in [0.25, 0.3) is 0 Å². The summed E-state index contributed by atoms with van der Waals surface area (Å²) in [4.78, 5) is 0. The van der Waals surface area contributed by atoms with E-state index in [1.807, 2.05) is 43.3 Å². The van der Waals surface area contributed by atoms with Crippen molar-refractivity contribution < 1.29 is 0 Å². The summed E-state index contributed by atoms with van der Waals surface area (Å²) in [6.07, 6.45) is 0.883. The Hall–Kier alpha value is -2.82. The maximum absolute atomic E-state index is 9.21. The molecule has 0 N–H and O–H groups in total. The van der Waals surface area contributed by atoms with Crippen molar-refractivity contribution in [2.24, 2.45) is 10.8 Å². The minimum absolute atomic E-state index is 0.657. The number of rotatable bonds is 2. The molecular formula is C15H10N4. The molecule has 0 heterocycles. The number of nitrogens with zero attached hydrogens (tertiary/aromatic N) is 4. The normalized spacial score (nSPS) is 18.4. The third kappa shape index (κ3) is 1.35. The molecule has 0 atom stereocenters. The smallest absolute Gasteiger partial charge is 0.185 e. The molecule has 0 saturated heterocycles. The molecule has 0 bridgehead atoms. The lowest BCUT2D eigenvalue weighted by Gasteiger charge is -2.01. The molecule has 19 heavy (non-hydrogen) atoms. The Labute approximate surface area is 111 Å². The van der Waals surface area contributed by atoms with Crippen LogP contribution in [0.3, 0.4) is 0 Å². The van der Waals surface area contributed by atoms with Gasteiger partial charge < -0.3 is 0 Å². The van der Waals surface area contributed by atoms with Crippen molar-refractivity contribution >= 4 is 0 Å². The first-order valence-corrected chi connectivity index (χ1v) is 5.89. The van der Waals surface area contributed by atoms with E-state index in [1.54, 1.807) is 12.1 Å². The zero-order chi connectivity index (χ0) is 14.1. The van der Waals surface area contributed by atoms with Crippen LogP contribution in [0, 0.1) is 56.2 Å². The molecule has 0 aliphatic heterocycles. The second-order valence-corrected chi connectivity index (χ2v) is 4.59. The molecule has 2 rings (SSSR count). The van der Waals surface area contributed by atoms with Gasteiger partial charge in [0.1, 0.15) is 0 Å². The van der Waals surface area contributed by atoms with Gasteiger partial charge in [-0.25, -0.2) is 0 Å². The van der Waals surface area contributed by atoms with E-state index in [9.17, 15) is 21.0 Å². The quantitative estimate of drug-likeness (QED) is 0.800. The summed E-state index contributed by atoms with van der Waals surface area (Å²) in [5, 5.41) is 36.8. The first kappa shape index (κ1) is 12.6. The van der Waals surface area contributed by atoms with Crippen molar-refractivity contribution in [2.75, 3.05) is 0 Å². The molecule has 0 spiro atoms. The van der Waals surface area contributed by atoms with Gasteiger partial charge in [0.15, 0.2) is 10.8 Å². The number of nitriles is 4. The summed E-state index contributed by atoms with van der Waals surface area (Å²) in [6.45, 7) is 2.02. The number of aryl methyl sites for hydroxylation is 1. The fraction of sp³-hybridized carbons (Fsp3) is 0.333. The molecule has 1 saturated carbocycles. The van der Waals surface area contributed by atoms with Gasteiger partial charge in [-0.2, -0.15) is 21.0 Å². The second-order valence-electron chi connectivity index (χ2n) is 4.59. The van der Waals surface area contributed by atoms with Crippen molar-refractivity contribution in [3.8, 4) is 24.3 Å². The van der Waals surface area contributed by atoms with Crippen LogP contribution in [-0.2, 0) is 6.42 Å². The SMILES string of the molecule is CCc1ccc(C2C(C#N)(C#N)C2(C#N)C#N)cc1. The van der Waals surface area contributed by atoms with Crippen molar-refractivity contribution in [1.29, 1.82) is 21.0 Å². The Balaban J connectivity index is 2.52. The van der Waals surface area contributed by atoms with E-state index in [1.165, 1.54) is 0 Å². The molecule has 0 aromatic heterocycles. The van der Waals surface area contributed by atoms with Crippen LogP contribution in [0.15, 0.2) is 24.3 Å². The summed E-state index contributed by atoms with van der Waals surface area (Å²) >= 11 is 0. The molecule has 1 aromatic carbocycles. The van der Waals surface area contributed by atoms with Gasteiger partial charge in [-0.3, -0.25) is 0 Å². The van der Waals surface area contributed by atoms with E-state index in [0.717, 1.165) is 12.0 Å². The highest BCUT2D eigenvalue weighted by atomic mass is 14.8. The van der Waals surface area contributed by atoms with Crippen molar-refractivity contribution in [3.05, 3.63) is 35.4 Å². The molecular weight excluding hydrogens is 236 g/mol. The number of hydrogen-bond acceptors (Lipinski definition) is 4. The average molecular weight is 246 g/mol. The predicted octanol–water partition coefficient (Wildman–Crippen LogP) is 2.41. The molecule has 1 fully saturated rings. The van der Waals surface area contributed by atoms with Crippen LogP contribution >= 0.6 is 0 Å². The molecule has 0 unspecified atom stereocenters. The van der Waals surface area contributed by atoms with Crippen LogP contribution in [0.4, 0.5) is 0 Å². The van der Waals surface area contributed by atoms with Gasteiger partial charge in [0.05, 0.1) is 30.2 Å². The van der Waals surface area contributed by atoms with Crippen LogP contribution < -0.4 is 0 Å². The molecule has 4 heteroatoms. The van der Waals surface area contributed by atoms with Gasteiger partial charge in [-0.1, -0.05) is 31.2 Å². The maximum Gasteiger partial charge on any atom is 0.185 e. The van der Waals surface area contributed by atoms with Crippen LogP contribution in [0.1, 0.15) is 24.0 Å². The van der Waals surface area contributed by atoms with Crippen LogP contribution in [0.2, 0.25) is 0 Å². The van der Waals surface area contributed by atoms with Crippen molar-refractivity contribution in [3.63, 3.8) is 0 Å². The highest BCUT2D eigenvalue weighted by Crippen LogP contribution is 2.73. The van der Waals surface area contributed by atoms with E-state index in [2.05, 4.69) is 0 Å². The summed E-state index contributed by atoms with van der Waals surface area (Å²) < 4.78 is 0. The topological polar surface area (TPSA) is 95.2 Å². The van der Waals surface area contributed by atoms with Crippen molar-refractivity contribution in [1.82, 2.24) is 0 Å². The maximum atomic E-state index is 9.21. The standard InChI is InChI=1S/C15H10N4/c1-2-11-3-5-12(6-4-11)13-14(7-16,8-17)15(13,9-18)10-19/h3-6,13H,2H2,1H3. The third-order valence-corrected chi connectivity index (χ3v) is 3.83.